The van der Waals surface area contributed by atoms with Crippen LogP contribution in [0.5, 0.6) is 0 Å². The number of hydrogen-bond acceptors (Lipinski definition) is 4. The smallest absolute Gasteiger partial charge is 0.223 e. The van der Waals surface area contributed by atoms with Crippen LogP contribution in [0.3, 0.4) is 0 Å². The van der Waals surface area contributed by atoms with E-state index < -0.39 is 0 Å². The molecule has 1 aliphatic heterocycles. The lowest BCUT2D eigenvalue weighted by molar-refractivity contribution is -0.131. The van der Waals surface area contributed by atoms with Gasteiger partial charge in [-0.3, -0.25) is 4.79 Å². The fourth-order valence-corrected chi connectivity index (χ4v) is 2.92. The normalized spacial score (nSPS) is 20.0. The number of carbonyl (C=O) groups is 1. The number of nitrogen functional groups attached to an aromatic ring is 1. The second-order valence-electron chi connectivity index (χ2n) is 5.72. The first-order valence-electron chi connectivity index (χ1n) is 7.59. The fourth-order valence-electron chi connectivity index (χ4n) is 2.92. The molecule has 2 aromatic rings. The molecular weight excluding hydrogens is 266 g/mol. The van der Waals surface area contributed by atoms with Gasteiger partial charge >= 0.3 is 0 Å². The Hall–Kier alpha value is -2.04. The number of fused-ring (bicyclic) bond motifs is 1. The lowest BCUT2D eigenvalue weighted by Gasteiger charge is -2.18. The number of para-hydroxylation sites is 1. The number of nitrogens with two attached hydrogens (primary N) is 1. The highest BCUT2D eigenvalue weighted by Crippen LogP contribution is 2.25. The Morgan fingerprint density at radius 1 is 1.43 bits per heavy atom. The number of aromatic nitrogens is 1. The third-order valence-electron chi connectivity index (χ3n) is 4.32. The van der Waals surface area contributed by atoms with Gasteiger partial charge in [-0.05, 0) is 30.9 Å². The Morgan fingerprint density at radius 2 is 2.29 bits per heavy atom. The molecular formula is C16H21N3O2. The van der Waals surface area contributed by atoms with Crippen molar-refractivity contribution >= 4 is 22.7 Å². The van der Waals surface area contributed by atoms with Gasteiger partial charge in [0, 0.05) is 13.0 Å². The molecule has 1 fully saturated rings. The zero-order valence-electron chi connectivity index (χ0n) is 12.3. The lowest BCUT2D eigenvalue weighted by Crippen LogP contribution is -2.29. The Labute approximate surface area is 124 Å². The Morgan fingerprint density at radius 3 is 3.05 bits per heavy atom. The molecule has 1 atom stereocenters. The van der Waals surface area contributed by atoms with Gasteiger partial charge in [-0.15, -0.1) is 0 Å². The van der Waals surface area contributed by atoms with Crippen LogP contribution < -0.4 is 5.73 Å². The van der Waals surface area contributed by atoms with Crippen molar-refractivity contribution in [2.24, 2.45) is 5.92 Å². The van der Waals surface area contributed by atoms with E-state index in [2.05, 4.69) is 11.9 Å². The molecule has 0 bridgehead atoms. The summed E-state index contributed by atoms with van der Waals surface area (Å²) in [5.74, 6) is 1.41. The van der Waals surface area contributed by atoms with E-state index in [1.54, 1.807) is 6.07 Å². The molecule has 0 radical (unpaired) electrons. The summed E-state index contributed by atoms with van der Waals surface area (Å²) in [6.45, 7) is 3.41. The number of amides is 1. The predicted molar refractivity (Wildman–Crippen MR) is 81.5 cm³/mol. The van der Waals surface area contributed by atoms with E-state index in [-0.39, 0.29) is 5.91 Å². The fraction of sp³-hybridized carbons (Fsp3) is 0.500. The first kappa shape index (κ1) is 13.9. The maximum absolute atomic E-state index is 12.2. The molecule has 112 valence electrons. The molecule has 1 amide bonds. The van der Waals surface area contributed by atoms with Crippen LogP contribution in [0, 0.1) is 5.92 Å². The SMILES string of the molecule is CCC1CCC(=O)N(Cc2nc3c(N)cccc3o2)CC1. The minimum atomic E-state index is 0.196. The van der Waals surface area contributed by atoms with Gasteiger partial charge in [0.2, 0.25) is 11.8 Å². The van der Waals surface area contributed by atoms with Crippen molar-refractivity contribution in [3.8, 4) is 0 Å². The number of rotatable bonds is 3. The van der Waals surface area contributed by atoms with Crippen LogP contribution in [0.15, 0.2) is 22.6 Å². The first-order chi connectivity index (χ1) is 10.2. The van der Waals surface area contributed by atoms with Crippen LogP contribution in [0.2, 0.25) is 0 Å². The number of likely N-dealkylation sites (tertiary alicyclic amines) is 1. The molecule has 1 unspecified atom stereocenters. The minimum absolute atomic E-state index is 0.196. The third kappa shape index (κ3) is 2.86. The number of carbonyl (C=O) groups excluding carboxylic acids is 1. The summed E-state index contributed by atoms with van der Waals surface area (Å²) in [5.41, 5.74) is 7.86. The van der Waals surface area contributed by atoms with Crippen molar-refractivity contribution in [1.82, 2.24) is 9.88 Å². The van der Waals surface area contributed by atoms with Gasteiger partial charge in [0.1, 0.15) is 5.52 Å². The van der Waals surface area contributed by atoms with Crippen LogP contribution in [0.1, 0.15) is 38.5 Å². The van der Waals surface area contributed by atoms with Gasteiger partial charge in [-0.25, -0.2) is 4.98 Å². The molecule has 2 N–H and O–H groups in total. The highest BCUT2D eigenvalue weighted by molar-refractivity contribution is 5.85. The summed E-state index contributed by atoms with van der Waals surface area (Å²) in [6, 6.07) is 5.49. The molecule has 3 rings (SSSR count). The molecule has 5 nitrogen and oxygen atoms in total. The van der Waals surface area contributed by atoms with Gasteiger partial charge in [0.05, 0.1) is 12.2 Å². The van der Waals surface area contributed by atoms with Crippen LogP contribution >= 0.6 is 0 Å². The monoisotopic (exact) mass is 287 g/mol. The third-order valence-corrected chi connectivity index (χ3v) is 4.32. The molecule has 1 aliphatic rings. The van der Waals surface area contributed by atoms with Gasteiger partial charge < -0.3 is 15.1 Å². The Bertz CT molecular complexity index is 650. The van der Waals surface area contributed by atoms with Crippen LogP contribution in [-0.4, -0.2) is 22.3 Å². The maximum Gasteiger partial charge on any atom is 0.223 e. The van der Waals surface area contributed by atoms with E-state index in [0.29, 0.717) is 41.6 Å². The quantitative estimate of drug-likeness (QED) is 0.881. The summed E-state index contributed by atoms with van der Waals surface area (Å²) in [5, 5.41) is 0. The van der Waals surface area contributed by atoms with Crippen LogP contribution in [0.4, 0.5) is 5.69 Å². The van der Waals surface area contributed by atoms with E-state index in [1.807, 2.05) is 17.0 Å². The molecule has 1 saturated heterocycles. The summed E-state index contributed by atoms with van der Waals surface area (Å²) < 4.78 is 5.71. The molecule has 21 heavy (non-hydrogen) atoms. The zero-order valence-corrected chi connectivity index (χ0v) is 12.3. The van der Waals surface area contributed by atoms with Crippen molar-refractivity contribution in [2.75, 3.05) is 12.3 Å². The van der Waals surface area contributed by atoms with Crippen molar-refractivity contribution in [3.05, 3.63) is 24.1 Å². The zero-order chi connectivity index (χ0) is 14.8. The number of anilines is 1. The first-order valence-corrected chi connectivity index (χ1v) is 7.59. The van der Waals surface area contributed by atoms with Crippen LogP contribution in [-0.2, 0) is 11.3 Å². The number of benzene rings is 1. The Kier molecular flexibility index (Phi) is 3.82. The van der Waals surface area contributed by atoms with Gasteiger partial charge in [-0.1, -0.05) is 19.4 Å². The molecule has 1 aromatic heterocycles. The molecule has 0 aliphatic carbocycles. The van der Waals surface area contributed by atoms with E-state index >= 15 is 0 Å². The highest BCUT2D eigenvalue weighted by Gasteiger charge is 2.23. The second-order valence-corrected chi connectivity index (χ2v) is 5.72. The van der Waals surface area contributed by atoms with Crippen molar-refractivity contribution < 1.29 is 9.21 Å². The summed E-state index contributed by atoms with van der Waals surface area (Å²) >= 11 is 0. The van der Waals surface area contributed by atoms with E-state index in [4.69, 9.17) is 10.2 Å². The van der Waals surface area contributed by atoms with Gasteiger partial charge in [0.25, 0.3) is 0 Å². The van der Waals surface area contributed by atoms with Crippen molar-refractivity contribution in [3.63, 3.8) is 0 Å². The van der Waals surface area contributed by atoms with E-state index in [9.17, 15) is 4.79 Å². The summed E-state index contributed by atoms with van der Waals surface area (Å²) in [6.07, 6.45) is 3.82. The molecule has 0 saturated carbocycles. The molecule has 0 spiro atoms. The largest absolute Gasteiger partial charge is 0.439 e. The minimum Gasteiger partial charge on any atom is -0.439 e. The van der Waals surface area contributed by atoms with E-state index in [0.717, 1.165) is 25.8 Å². The maximum atomic E-state index is 12.2. The summed E-state index contributed by atoms with van der Waals surface area (Å²) in [7, 11) is 0. The van der Waals surface area contributed by atoms with Crippen LogP contribution in [0.25, 0.3) is 11.1 Å². The molecule has 5 heteroatoms. The average molecular weight is 287 g/mol. The van der Waals surface area contributed by atoms with E-state index in [1.165, 1.54) is 0 Å². The second kappa shape index (κ2) is 5.76. The lowest BCUT2D eigenvalue weighted by atomic mass is 9.98. The predicted octanol–water partition coefficient (Wildman–Crippen LogP) is 2.95. The standard InChI is InChI=1S/C16H21N3O2/c1-2-11-6-7-15(20)19(9-8-11)10-14-18-16-12(17)4-3-5-13(16)21-14/h3-5,11H,2,6-10,17H2,1H3. The van der Waals surface area contributed by atoms with Gasteiger partial charge in [-0.2, -0.15) is 0 Å². The highest BCUT2D eigenvalue weighted by atomic mass is 16.3. The summed E-state index contributed by atoms with van der Waals surface area (Å²) in [4.78, 5) is 18.5. The number of nitrogens with zero attached hydrogens (tertiary/aromatic N) is 2. The molecule has 1 aromatic carbocycles. The average Bonchev–Trinajstić information content (AvgIpc) is 2.81. The number of oxazole rings is 1. The molecule has 2 heterocycles. The topological polar surface area (TPSA) is 72.4 Å². The van der Waals surface area contributed by atoms with Crippen molar-refractivity contribution in [1.29, 1.82) is 0 Å². The number of hydrogen-bond donors (Lipinski definition) is 1. The van der Waals surface area contributed by atoms with Crippen molar-refractivity contribution in [2.45, 2.75) is 39.2 Å². The Balaban J connectivity index is 1.77. The van der Waals surface area contributed by atoms with Gasteiger partial charge in [0.15, 0.2) is 5.58 Å².